The lowest BCUT2D eigenvalue weighted by molar-refractivity contribution is -0.115. The van der Waals surface area contributed by atoms with Gasteiger partial charge in [-0.15, -0.1) is 0 Å². The van der Waals surface area contributed by atoms with Crippen LogP contribution in [0.5, 0.6) is 0 Å². The molecule has 0 unspecified atom stereocenters. The Morgan fingerprint density at radius 1 is 1.07 bits per heavy atom. The number of rotatable bonds is 4. The highest BCUT2D eigenvalue weighted by atomic mass is 16.3. The first kappa shape index (κ1) is 16.9. The van der Waals surface area contributed by atoms with Crippen molar-refractivity contribution in [3.63, 3.8) is 0 Å². The minimum absolute atomic E-state index is 0.124. The number of nitrogens with zero attached hydrogens (tertiary/aromatic N) is 3. The Kier molecular flexibility index (Phi) is 4.59. The molecule has 2 aromatic carbocycles. The first-order valence-electron chi connectivity index (χ1n) is 8.48. The van der Waals surface area contributed by atoms with Gasteiger partial charge in [-0.1, -0.05) is 36.4 Å². The molecule has 1 aromatic heterocycles. The van der Waals surface area contributed by atoms with Crippen LogP contribution in [0.25, 0.3) is 17.1 Å². The molecule has 1 amide bonds. The molecule has 0 radical (unpaired) electrons. The molecule has 0 aliphatic carbocycles. The summed E-state index contributed by atoms with van der Waals surface area (Å²) in [7, 11) is 0. The average molecular weight is 359 g/mol. The van der Waals surface area contributed by atoms with Crippen molar-refractivity contribution in [3.8, 4) is 0 Å². The molecule has 27 heavy (non-hydrogen) atoms. The summed E-state index contributed by atoms with van der Waals surface area (Å²) in [6, 6.07) is 14.7. The Morgan fingerprint density at radius 3 is 2.63 bits per heavy atom. The Morgan fingerprint density at radius 2 is 1.85 bits per heavy atom. The number of nitrogens with one attached hydrogen (secondary N) is 2. The van der Waals surface area contributed by atoms with E-state index in [0.29, 0.717) is 5.96 Å². The van der Waals surface area contributed by atoms with E-state index in [9.17, 15) is 9.90 Å². The predicted molar refractivity (Wildman–Crippen MR) is 102 cm³/mol. The second-order valence-electron chi connectivity index (χ2n) is 6.04. The average Bonchev–Trinajstić information content (AvgIpc) is 3.05. The molecular formula is C20H17N5O2. The van der Waals surface area contributed by atoms with Crippen molar-refractivity contribution in [2.75, 3.05) is 6.61 Å². The summed E-state index contributed by atoms with van der Waals surface area (Å²) in [5.74, 6) is 0.0104. The molecule has 0 saturated heterocycles. The van der Waals surface area contributed by atoms with Crippen LogP contribution in [0, 0.1) is 0 Å². The second-order valence-corrected chi connectivity index (χ2v) is 6.04. The van der Waals surface area contributed by atoms with Gasteiger partial charge in [0.2, 0.25) is 5.96 Å². The fourth-order valence-electron chi connectivity index (χ4n) is 2.85. The Bertz CT molecular complexity index is 1050. The molecule has 0 saturated carbocycles. The zero-order chi connectivity index (χ0) is 18.6. The van der Waals surface area contributed by atoms with Gasteiger partial charge in [0.05, 0.1) is 23.7 Å². The standard InChI is InChI=1S/C20H17N5O2/c26-12-18(14-4-2-1-3-5-14)24-20-23-17(19(27)25-20)11-13-6-7-15-16(10-13)22-9-8-21-15/h1-11,18,26H,12H2,(H2,23,24,25,27)/b17-11-/t18-/m1/s1. The van der Waals surface area contributed by atoms with Gasteiger partial charge in [0.1, 0.15) is 5.70 Å². The summed E-state index contributed by atoms with van der Waals surface area (Å²) in [6.45, 7) is -0.124. The highest BCUT2D eigenvalue weighted by molar-refractivity contribution is 6.13. The van der Waals surface area contributed by atoms with Gasteiger partial charge in [-0.05, 0) is 29.3 Å². The second kappa shape index (κ2) is 7.35. The lowest BCUT2D eigenvalue weighted by Crippen LogP contribution is -2.39. The van der Waals surface area contributed by atoms with Gasteiger partial charge in [-0.3, -0.25) is 20.1 Å². The van der Waals surface area contributed by atoms with Crippen molar-refractivity contribution >= 4 is 29.0 Å². The minimum Gasteiger partial charge on any atom is -0.394 e. The van der Waals surface area contributed by atoms with Crippen molar-refractivity contribution in [3.05, 3.63) is 77.7 Å². The molecule has 3 aromatic rings. The maximum atomic E-state index is 12.2. The number of carbonyl (C=O) groups excluding carboxylic acids is 1. The molecule has 7 heteroatoms. The molecule has 134 valence electrons. The number of aliphatic imine (C=N–C) groups is 1. The predicted octanol–water partition coefficient (Wildman–Crippen LogP) is 1.78. The van der Waals surface area contributed by atoms with Gasteiger partial charge >= 0.3 is 0 Å². The summed E-state index contributed by atoms with van der Waals surface area (Å²) in [6.07, 6.45) is 4.95. The number of benzene rings is 2. The molecule has 4 rings (SSSR count). The van der Waals surface area contributed by atoms with E-state index in [0.717, 1.165) is 22.2 Å². The maximum absolute atomic E-state index is 12.2. The van der Waals surface area contributed by atoms with E-state index in [2.05, 4.69) is 25.6 Å². The summed E-state index contributed by atoms with van der Waals surface area (Å²) in [5, 5.41) is 15.4. The van der Waals surface area contributed by atoms with Crippen LogP contribution in [0.15, 0.2) is 71.6 Å². The van der Waals surface area contributed by atoms with Crippen LogP contribution in [0.3, 0.4) is 0 Å². The van der Waals surface area contributed by atoms with Crippen molar-refractivity contribution in [2.45, 2.75) is 6.04 Å². The van der Waals surface area contributed by atoms with Crippen LogP contribution >= 0.6 is 0 Å². The maximum Gasteiger partial charge on any atom is 0.276 e. The highest BCUT2D eigenvalue weighted by Gasteiger charge is 2.22. The number of aromatic nitrogens is 2. The quantitative estimate of drug-likeness (QED) is 0.617. The van der Waals surface area contributed by atoms with Gasteiger partial charge in [-0.2, -0.15) is 0 Å². The fourth-order valence-corrected chi connectivity index (χ4v) is 2.85. The van der Waals surface area contributed by atoms with Gasteiger partial charge in [0.25, 0.3) is 5.91 Å². The lowest BCUT2D eigenvalue weighted by Gasteiger charge is -2.17. The number of amides is 1. The summed E-state index contributed by atoms with van der Waals surface area (Å²) in [4.78, 5) is 25.0. The van der Waals surface area contributed by atoms with Crippen LogP contribution in [0.2, 0.25) is 0 Å². The van der Waals surface area contributed by atoms with Gasteiger partial charge in [0.15, 0.2) is 0 Å². The van der Waals surface area contributed by atoms with Crippen LogP contribution in [-0.4, -0.2) is 33.5 Å². The SMILES string of the molecule is O=C1NC(N[C@H](CO)c2ccccc2)=N/C1=C\c1ccc2nccnc2c1. The largest absolute Gasteiger partial charge is 0.394 e. The fraction of sp³-hybridized carbons (Fsp3) is 0.100. The molecule has 7 nitrogen and oxygen atoms in total. The number of hydrogen-bond donors (Lipinski definition) is 3. The van der Waals surface area contributed by atoms with Gasteiger partial charge in [-0.25, -0.2) is 4.99 Å². The van der Waals surface area contributed by atoms with E-state index in [4.69, 9.17) is 0 Å². The van der Waals surface area contributed by atoms with E-state index in [1.165, 1.54) is 0 Å². The van der Waals surface area contributed by atoms with Crippen LogP contribution < -0.4 is 10.6 Å². The van der Waals surface area contributed by atoms with Crippen molar-refractivity contribution in [2.24, 2.45) is 4.99 Å². The molecule has 2 heterocycles. The topological polar surface area (TPSA) is 99.5 Å². The molecule has 1 aliphatic rings. The lowest BCUT2D eigenvalue weighted by atomic mass is 10.1. The number of carbonyl (C=O) groups is 1. The Hall–Kier alpha value is -3.58. The van der Waals surface area contributed by atoms with E-state index in [1.807, 2.05) is 48.5 Å². The number of fused-ring (bicyclic) bond motifs is 1. The first-order valence-corrected chi connectivity index (χ1v) is 8.48. The van der Waals surface area contributed by atoms with E-state index < -0.39 is 0 Å². The minimum atomic E-state index is -0.361. The Labute approximate surface area is 155 Å². The monoisotopic (exact) mass is 359 g/mol. The van der Waals surface area contributed by atoms with Crippen LogP contribution in [0.4, 0.5) is 0 Å². The zero-order valence-electron chi connectivity index (χ0n) is 14.3. The van der Waals surface area contributed by atoms with Crippen molar-refractivity contribution < 1.29 is 9.90 Å². The zero-order valence-corrected chi connectivity index (χ0v) is 14.3. The first-order chi connectivity index (χ1) is 13.2. The summed E-state index contributed by atoms with van der Waals surface area (Å²) < 4.78 is 0. The van der Waals surface area contributed by atoms with E-state index in [-0.39, 0.29) is 24.3 Å². The number of aliphatic hydroxyl groups excluding tert-OH is 1. The molecule has 3 N–H and O–H groups in total. The molecule has 1 aliphatic heterocycles. The summed E-state index contributed by atoms with van der Waals surface area (Å²) in [5.41, 5.74) is 3.53. The number of aliphatic hydroxyl groups is 1. The van der Waals surface area contributed by atoms with E-state index >= 15 is 0 Å². The van der Waals surface area contributed by atoms with E-state index in [1.54, 1.807) is 18.5 Å². The van der Waals surface area contributed by atoms with Crippen molar-refractivity contribution in [1.82, 2.24) is 20.6 Å². The molecule has 0 bridgehead atoms. The van der Waals surface area contributed by atoms with Gasteiger partial charge in [0, 0.05) is 12.4 Å². The van der Waals surface area contributed by atoms with Gasteiger partial charge < -0.3 is 10.4 Å². The number of hydrogen-bond acceptors (Lipinski definition) is 6. The third-order valence-corrected chi connectivity index (χ3v) is 4.19. The third-order valence-electron chi connectivity index (χ3n) is 4.19. The molecule has 0 fully saturated rings. The van der Waals surface area contributed by atoms with Crippen molar-refractivity contribution in [1.29, 1.82) is 0 Å². The highest BCUT2D eigenvalue weighted by Crippen LogP contribution is 2.17. The normalized spacial score (nSPS) is 16.3. The summed E-state index contributed by atoms with van der Waals surface area (Å²) >= 11 is 0. The molecular weight excluding hydrogens is 342 g/mol. The smallest absolute Gasteiger partial charge is 0.276 e. The molecule has 0 spiro atoms. The third kappa shape index (κ3) is 3.68. The molecule has 1 atom stereocenters. The Balaban J connectivity index is 1.57. The van der Waals surface area contributed by atoms with Crippen LogP contribution in [0.1, 0.15) is 17.2 Å². The van der Waals surface area contributed by atoms with Crippen LogP contribution in [-0.2, 0) is 4.79 Å². The number of guanidine groups is 1.